The van der Waals surface area contributed by atoms with Crippen LogP contribution in [0.15, 0.2) is 12.2 Å². The van der Waals surface area contributed by atoms with Gasteiger partial charge in [0.1, 0.15) is 0 Å². The van der Waals surface area contributed by atoms with E-state index in [0.717, 1.165) is 0 Å². The summed E-state index contributed by atoms with van der Waals surface area (Å²) >= 11 is 0. The number of allylic oxidation sites excluding steroid dienone is 2. The van der Waals surface area contributed by atoms with Gasteiger partial charge in [-0.05, 0) is 25.3 Å². The molecule has 1 nitrogen and oxygen atoms in total. The highest BCUT2D eigenvalue weighted by molar-refractivity contribution is 4.96. The third kappa shape index (κ3) is 2.00. The van der Waals surface area contributed by atoms with Gasteiger partial charge in [-0.1, -0.05) is 12.2 Å². The molecule has 0 radical (unpaired) electrons. The van der Waals surface area contributed by atoms with Gasteiger partial charge in [0, 0.05) is 0 Å². The van der Waals surface area contributed by atoms with Crippen LogP contribution in [0.1, 0.15) is 12.8 Å². The summed E-state index contributed by atoms with van der Waals surface area (Å²) < 4.78 is 36.9. The number of hydrogen-bond acceptors (Lipinski definition) is 1. The van der Waals surface area contributed by atoms with Crippen molar-refractivity contribution in [3.05, 3.63) is 12.2 Å². The largest absolute Gasteiger partial charge is 0.392 e. The average molecular weight is 179 g/mol. The van der Waals surface area contributed by atoms with Crippen molar-refractivity contribution in [1.82, 2.24) is 0 Å². The standard InChI is InChI=1S/C8H12F3N/c9-8(10,11)7-4-2-1-3-6(7)5-12/h1-2,6-7H,3-5,12H2/t6-,7-/m0/s1. The molecule has 0 amide bonds. The lowest BCUT2D eigenvalue weighted by molar-refractivity contribution is -0.188. The van der Waals surface area contributed by atoms with E-state index in [-0.39, 0.29) is 13.0 Å². The number of rotatable bonds is 1. The molecule has 1 rings (SSSR count). The molecular formula is C8H12F3N. The van der Waals surface area contributed by atoms with Crippen LogP contribution >= 0.6 is 0 Å². The smallest absolute Gasteiger partial charge is 0.330 e. The lowest BCUT2D eigenvalue weighted by atomic mass is 9.83. The molecule has 0 aliphatic heterocycles. The number of halogens is 3. The molecule has 0 bridgehead atoms. The second-order valence-corrected chi connectivity index (χ2v) is 3.09. The predicted octanol–water partition coefficient (Wildman–Crippen LogP) is 2.09. The molecule has 1 aliphatic carbocycles. The molecule has 0 fully saturated rings. The zero-order valence-electron chi connectivity index (χ0n) is 6.64. The summed E-state index contributed by atoms with van der Waals surface area (Å²) in [4.78, 5) is 0. The van der Waals surface area contributed by atoms with Crippen molar-refractivity contribution in [2.24, 2.45) is 17.6 Å². The van der Waals surface area contributed by atoms with Gasteiger partial charge in [0.2, 0.25) is 0 Å². The second-order valence-electron chi connectivity index (χ2n) is 3.09. The minimum atomic E-state index is -4.09. The summed E-state index contributed by atoms with van der Waals surface area (Å²) in [6, 6.07) is 0. The van der Waals surface area contributed by atoms with Crippen LogP contribution in [-0.4, -0.2) is 12.7 Å². The highest BCUT2D eigenvalue weighted by Gasteiger charge is 2.43. The Hall–Kier alpha value is -0.510. The van der Waals surface area contributed by atoms with Crippen LogP contribution in [0.5, 0.6) is 0 Å². The van der Waals surface area contributed by atoms with Gasteiger partial charge < -0.3 is 5.73 Å². The van der Waals surface area contributed by atoms with E-state index in [1.807, 2.05) is 0 Å². The van der Waals surface area contributed by atoms with Gasteiger partial charge in [-0.25, -0.2) is 0 Å². The monoisotopic (exact) mass is 179 g/mol. The zero-order chi connectivity index (χ0) is 9.19. The normalized spacial score (nSPS) is 30.7. The lowest BCUT2D eigenvalue weighted by Gasteiger charge is -2.29. The first kappa shape index (κ1) is 9.58. The molecule has 0 aromatic carbocycles. The molecule has 2 atom stereocenters. The molecule has 0 unspecified atom stereocenters. The van der Waals surface area contributed by atoms with E-state index in [1.54, 1.807) is 12.2 Å². The van der Waals surface area contributed by atoms with Gasteiger partial charge in [-0.2, -0.15) is 13.2 Å². The van der Waals surface area contributed by atoms with Gasteiger partial charge >= 0.3 is 6.18 Å². The van der Waals surface area contributed by atoms with E-state index in [9.17, 15) is 13.2 Å². The molecule has 0 spiro atoms. The Morgan fingerprint density at radius 1 is 1.25 bits per heavy atom. The Labute approximate surface area is 69.4 Å². The van der Waals surface area contributed by atoms with Crippen LogP contribution in [0.3, 0.4) is 0 Å². The first-order chi connectivity index (χ1) is 5.55. The highest BCUT2D eigenvalue weighted by Crippen LogP contribution is 2.38. The predicted molar refractivity (Wildman–Crippen MR) is 40.5 cm³/mol. The van der Waals surface area contributed by atoms with Crippen LogP contribution < -0.4 is 5.73 Å². The van der Waals surface area contributed by atoms with Gasteiger partial charge in [-0.15, -0.1) is 0 Å². The molecule has 0 heterocycles. The molecule has 0 aromatic rings. The maximum Gasteiger partial charge on any atom is 0.392 e. The fraction of sp³-hybridized carbons (Fsp3) is 0.750. The number of hydrogen-bond donors (Lipinski definition) is 1. The Bertz CT molecular complexity index is 174. The van der Waals surface area contributed by atoms with Crippen LogP contribution in [0.2, 0.25) is 0 Å². The SMILES string of the molecule is NC[C@@H]1CC=CC[C@@H]1C(F)(F)F. The minimum Gasteiger partial charge on any atom is -0.330 e. The molecule has 12 heavy (non-hydrogen) atoms. The summed E-state index contributed by atoms with van der Waals surface area (Å²) in [7, 11) is 0. The third-order valence-corrected chi connectivity index (χ3v) is 2.29. The summed E-state index contributed by atoms with van der Waals surface area (Å²) in [6.45, 7) is 0.120. The maximum absolute atomic E-state index is 12.3. The van der Waals surface area contributed by atoms with Crippen molar-refractivity contribution in [2.75, 3.05) is 6.54 Å². The van der Waals surface area contributed by atoms with E-state index >= 15 is 0 Å². The summed E-state index contributed by atoms with van der Waals surface area (Å²) in [5, 5.41) is 0. The van der Waals surface area contributed by atoms with Crippen molar-refractivity contribution in [1.29, 1.82) is 0 Å². The van der Waals surface area contributed by atoms with E-state index in [2.05, 4.69) is 0 Å². The summed E-state index contributed by atoms with van der Waals surface area (Å²) in [5.74, 6) is -1.65. The topological polar surface area (TPSA) is 26.0 Å². The zero-order valence-corrected chi connectivity index (χ0v) is 6.64. The second kappa shape index (κ2) is 3.47. The molecule has 4 heteroatoms. The summed E-state index contributed by atoms with van der Waals surface area (Å²) in [6.07, 6.45) is -0.176. The maximum atomic E-state index is 12.3. The summed E-state index contributed by atoms with van der Waals surface area (Å²) in [5.41, 5.74) is 5.26. The molecule has 2 N–H and O–H groups in total. The van der Waals surface area contributed by atoms with Crippen LogP contribution in [0.25, 0.3) is 0 Å². The van der Waals surface area contributed by atoms with Crippen LogP contribution in [0.4, 0.5) is 13.2 Å². The molecule has 1 aliphatic rings. The van der Waals surface area contributed by atoms with Crippen molar-refractivity contribution in [2.45, 2.75) is 19.0 Å². The van der Waals surface area contributed by atoms with Gasteiger partial charge in [0.15, 0.2) is 0 Å². The quantitative estimate of drug-likeness (QED) is 0.613. The van der Waals surface area contributed by atoms with Crippen molar-refractivity contribution < 1.29 is 13.2 Å². The molecular weight excluding hydrogens is 167 g/mol. The Morgan fingerprint density at radius 2 is 1.83 bits per heavy atom. The van der Waals surface area contributed by atoms with Gasteiger partial charge in [0.25, 0.3) is 0 Å². The van der Waals surface area contributed by atoms with E-state index < -0.39 is 18.0 Å². The third-order valence-electron chi connectivity index (χ3n) is 2.29. The number of nitrogens with two attached hydrogens (primary N) is 1. The molecule has 0 aromatic heterocycles. The van der Waals surface area contributed by atoms with Gasteiger partial charge in [-0.3, -0.25) is 0 Å². The molecule has 0 saturated carbocycles. The Morgan fingerprint density at radius 3 is 2.25 bits per heavy atom. The Balaban J connectivity index is 2.67. The van der Waals surface area contributed by atoms with Crippen LogP contribution in [0, 0.1) is 11.8 Å². The fourth-order valence-electron chi connectivity index (χ4n) is 1.53. The molecule has 70 valence electrons. The van der Waals surface area contributed by atoms with Crippen LogP contribution in [-0.2, 0) is 0 Å². The minimum absolute atomic E-state index is 0.0887. The van der Waals surface area contributed by atoms with E-state index in [0.29, 0.717) is 6.42 Å². The van der Waals surface area contributed by atoms with E-state index in [4.69, 9.17) is 5.73 Å². The van der Waals surface area contributed by atoms with Gasteiger partial charge in [0.05, 0.1) is 5.92 Å². The Kier molecular flexibility index (Phi) is 2.77. The van der Waals surface area contributed by atoms with Crippen molar-refractivity contribution >= 4 is 0 Å². The van der Waals surface area contributed by atoms with Crippen molar-refractivity contribution in [3.63, 3.8) is 0 Å². The first-order valence-electron chi connectivity index (χ1n) is 3.97. The molecule has 0 saturated heterocycles. The highest BCUT2D eigenvalue weighted by atomic mass is 19.4. The number of alkyl halides is 3. The van der Waals surface area contributed by atoms with E-state index in [1.165, 1.54) is 0 Å². The lowest BCUT2D eigenvalue weighted by Crippen LogP contribution is -2.35. The van der Waals surface area contributed by atoms with Crippen molar-refractivity contribution in [3.8, 4) is 0 Å². The average Bonchev–Trinajstić information content (AvgIpc) is 2.03. The first-order valence-corrected chi connectivity index (χ1v) is 3.97. The fourth-order valence-corrected chi connectivity index (χ4v) is 1.53.